The summed E-state index contributed by atoms with van der Waals surface area (Å²) in [5.74, 6) is -0.306. The number of carboxylic acid groups (broad SMARTS) is 1. The Kier molecular flexibility index (Phi) is 4.93. The van der Waals surface area contributed by atoms with Gasteiger partial charge in [-0.1, -0.05) is 38.1 Å². The molecule has 0 saturated carbocycles. The Hall–Kier alpha value is -1.65. The third-order valence-electron chi connectivity index (χ3n) is 3.23. The SMILES string of the molecule is CC(C)c1ccc(CNCc2ccsc2C(=O)O)cc1. The average Bonchev–Trinajstić information content (AvgIpc) is 2.88. The predicted molar refractivity (Wildman–Crippen MR) is 82.4 cm³/mol. The van der Waals surface area contributed by atoms with Crippen LogP contribution in [0.15, 0.2) is 35.7 Å². The molecule has 2 N–H and O–H groups in total. The number of nitrogens with one attached hydrogen (secondary N) is 1. The van der Waals surface area contributed by atoms with Gasteiger partial charge in [-0.2, -0.15) is 0 Å². The van der Waals surface area contributed by atoms with E-state index in [1.165, 1.54) is 22.5 Å². The molecule has 0 fully saturated rings. The second-order valence-electron chi connectivity index (χ2n) is 5.08. The Morgan fingerprint density at radius 2 is 1.90 bits per heavy atom. The highest BCUT2D eigenvalue weighted by Crippen LogP contribution is 2.17. The molecule has 0 spiro atoms. The van der Waals surface area contributed by atoms with Crippen molar-refractivity contribution < 1.29 is 9.90 Å². The summed E-state index contributed by atoms with van der Waals surface area (Å²) >= 11 is 1.27. The molecule has 3 nitrogen and oxygen atoms in total. The summed E-state index contributed by atoms with van der Waals surface area (Å²) in [6, 6.07) is 10.4. The third-order valence-corrected chi connectivity index (χ3v) is 4.18. The number of hydrogen-bond donors (Lipinski definition) is 2. The monoisotopic (exact) mass is 289 g/mol. The lowest BCUT2D eigenvalue weighted by Gasteiger charge is -2.08. The van der Waals surface area contributed by atoms with Crippen LogP contribution >= 0.6 is 11.3 Å². The summed E-state index contributed by atoms with van der Waals surface area (Å²) in [6.07, 6.45) is 0. The molecule has 0 aliphatic heterocycles. The number of carboxylic acids is 1. The van der Waals surface area contributed by atoms with Crippen LogP contribution in [0.4, 0.5) is 0 Å². The molecule has 2 rings (SSSR count). The smallest absolute Gasteiger partial charge is 0.346 e. The molecule has 4 heteroatoms. The van der Waals surface area contributed by atoms with Crippen LogP contribution in [-0.4, -0.2) is 11.1 Å². The lowest BCUT2D eigenvalue weighted by molar-refractivity contribution is 0.0701. The normalized spacial score (nSPS) is 10.9. The molecule has 0 unspecified atom stereocenters. The Morgan fingerprint density at radius 3 is 2.50 bits per heavy atom. The zero-order chi connectivity index (χ0) is 14.5. The zero-order valence-corrected chi connectivity index (χ0v) is 12.5. The number of rotatable bonds is 6. The van der Waals surface area contributed by atoms with Gasteiger partial charge in [-0.3, -0.25) is 0 Å². The van der Waals surface area contributed by atoms with Crippen molar-refractivity contribution in [3.05, 3.63) is 57.3 Å². The van der Waals surface area contributed by atoms with Crippen molar-refractivity contribution in [2.24, 2.45) is 0 Å². The Labute approximate surface area is 123 Å². The van der Waals surface area contributed by atoms with E-state index < -0.39 is 5.97 Å². The Bertz CT molecular complexity index is 572. The fourth-order valence-electron chi connectivity index (χ4n) is 2.02. The standard InChI is InChI=1S/C16H19NO2S/c1-11(2)13-5-3-12(4-6-13)9-17-10-14-7-8-20-15(14)16(18)19/h3-8,11,17H,9-10H2,1-2H3,(H,18,19). The summed E-state index contributed by atoms with van der Waals surface area (Å²) in [6.45, 7) is 5.68. The first-order valence-corrected chi connectivity index (χ1v) is 7.55. The molecular weight excluding hydrogens is 270 g/mol. The van der Waals surface area contributed by atoms with Crippen LogP contribution in [0.2, 0.25) is 0 Å². The highest BCUT2D eigenvalue weighted by Gasteiger charge is 2.10. The number of benzene rings is 1. The third kappa shape index (κ3) is 3.68. The largest absolute Gasteiger partial charge is 0.477 e. The molecule has 0 amide bonds. The maximum absolute atomic E-state index is 11.0. The molecule has 0 radical (unpaired) electrons. The van der Waals surface area contributed by atoms with Gasteiger partial charge in [0.1, 0.15) is 4.88 Å². The second-order valence-corrected chi connectivity index (χ2v) is 6.00. The summed E-state index contributed by atoms with van der Waals surface area (Å²) in [5.41, 5.74) is 3.39. The van der Waals surface area contributed by atoms with Crippen molar-refractivity contribution >= 4 is 17.3 Å². The molecule has 0 aliphatic carbocycles. The molecule has 0 bridgehead atoms. The molecule has 0 atom stereocenters. The topological polar surface area (TPSA) is 49.3 Å². The fourth-order valence-corrected chi connectivity index (χ4v) is 2.79. The fraction of sp³-hybridized carbons (Fsp3) is 0.312. The van der Waals surface area contributed by atoms with Crippen molar-refractivity contribution in [2.75, 3.05) is 0 Å². The van der Waals surface area contributed by atoms with Crippen molar-refractivity contribution in [1.82, 2.24) is 5.32 Å². The summed E-state index contributed by atoms with van der Waals surface area (Å²) < 4.78 is 0. The lowest BCUT2D eigenvalue weighted by atomic mass is 10.0. The zero-order valence-electron chi connectivity index (χ0n) is 11.7. The van der Waals surface area contributed by atoms with E-state index in [-0.39, 0.29) is 0 Å². The van der Waals surface area contributed by atoms with E-state index in [1.54, 1.807) is 0 Å². The van der Waals surface area contributed by atoms with Gasteiger partial charge in [0.25, 0.3) is 0 Å². The van der Waals surface area contributed by atoms with Crippen molar-refractivity contribution in [2.45, 2.75) is 32.9 Å². The van der Waals surface area contributed by atoms with E-state index in [0.29, 0.717) is 17.3 Å². The van der Waals surface area contributed by atoms with Crippen molar-refractivity contribution in [3.63, 3.8) is 0 Å². The average molecular weight is 289 g/mol. The molecular formula is C16H19NO2S. The van der Waals surface area contributed by atoms with Crippen molar-refractivity contribution in [3.8, 4) is 0 Å². The first-order chi connectivity index (χ1) is 9.58. The molecule has 1 heterocycles. The summed E-state index contributed by atoms with van der Waals surface area (Å²) in [4.78, 5) is 11.4. The van der Waals surface area contributed by atoms with Crippen molar-refractivity contribution in [1.29, 1.82) is 0 Å². The van der Waals surface area contributed by atoms with E-state index in [4.69, 9.17) is 5.11 Å². The molecule has 0 saturated heterocycles. The molecule has 106 valence electrons. The van der Waals surface area contributed by atoms with Gasteiger partial charge in [-0.15, -0.1) is 11.3 Å². The first kappa shape index (κ1) is 14.8. The quantitative estimate of drug-likeness (QED) is 0.849. The van der Waals surface area contributed by atoms with Gasteiger partial charge in [0.2, 0.25) is 0 Å². The Morgan fingerprint density at radius 1 is 1.20 bits per heavy atom. The minimum atomic E-state index is -0.849. The number of carbonyl (C=O) groups is 1. The highest BCUT2D eigenvalue weighted by atomic mass is 32.1. The second kappa shape index (κ2) is 6.68. The van der Waals surface area contributed by atoms with Crippen LogP contribution in [0.3, 0.4) is 0 Å². The molecule has 2 aromatic rings. The number of thiophene rings is 1. The van der Waals surface area contributed by atoms with E-state index in [0.717, 1.165) is 12.1 Å². The van der Waals surface area contributed by atoms with E-state index in [2.05, 4.69) is 43.4 Å². The summed E-state index contributed by atoms with van der Waals surface area (Å²) in [5, 5.41) is 14.1. The van der Waals surface area contributed by atoms with Gasteiger partial charge in [-0.25, -0.2) is 4.79 Å². The number of hydrogen-bond acceptors (Lipinski definition) is 3. The molecule has 20 heavy (non-hydrogen) atoms. The van der Waals surface area contributed by atoms with E-state index in [1.807, 2.05) is 11.4 Å². The van der Waals surface area contributed by atoms with Crippen LogP contribution in [0.5, 0.6) is 0 Å². The van der Waals surface area contributed by atoms with Gasteiger partial charge in [0.15, 0.2) is 0 Å². The maximum atomic E-state index is 11.0. The highest BCUT2D eigenvalue weighted by molar-refractivity contribution is 7.12. The predicted octanol–water partition coefficient (Wildman–Crippen LogP) is 3.86. The maximum Gasteiger partial charge on any atom is 0.346 e. The van der Waals surface area contributed by atoms with Gasteiger partial charge in [-0.05, 0) is 34.1 Å². The van der Waals surface area contributed by atoms with Gasteiger partial charge < -0.3 is 10.4 Å². The van der Waals surface area contributed by atoms with E-state index >= 15 is 0 Å². The lowest BCUT2D eigenvalue weighted by Crippen LogP contribution is -2.14. The van der Waals surface area contributed by atoms with Crippen LogP contribution in [-0.2, 0) is 13.1 Å². The van der Waals surface area contributed by atoms with Crippen LogP contribution in [0.1, 0.15) is 46.1 Å². The van der Waals surface area contributed by atoms with E-state index in [9.17, 15) is 4.79 Å². The molecule has 1 aromatic carbocycles. The minimum absolute atomic E-state index is 0.424. The number of aromatic carboxylic acids is 1. The molecule has 1 aromatic heterocycles. The van der Waals surface area contributed by atoms with Crippen LogP contribution in [0, 0.1) is 0 Å². The molecule has 0 aliphatic rings. The first-order valence-electron chi connectivity index (χ1n) is 6.67. The van der Waals surface area contributed by atoms with Gasteiger partial charge in [0, 0.05) is 13.1 Å². The Balaban J connectivity index is 1.89. The van der Waals surface area contributed by atoms with Crippen LogP contribution < -0.4 is 5.32 Å². The summed E-state index contributed by atoms with van der Waals surface area (Å²) in [7, 11) is 0. The van der Waals surface area contributed by atoms with Gasteiger partial charge >= 0.3 is 5.97 Å². The van der Waals surface area contributed by atoms with Gasteiger partial charge in [0.05, 0.1) is 0 Å². The van der Waals surface area contributed by atoms with Crippen LogP contribution in [0.25, 0.3) is 0 Å². The minimum Gasteiger partial charge on any atom is -0.477 e.